The van der Waals surface area contributed by atoms with Crippen LogP contribution < -0.4 is 0 Å². The van der Waals surface area contributed by atoms with Crippen LogP contribution in [0, 0.1) is 12.8 Å². The number of amides is 1. The highest BCUT2D eigenvalue weighted by Crippen LogP contribution is 2.35. The van der Waals surface area contributed by atoms with Crippen molar-refractivity contribution in [3.05, 3.63) is 38.9 Å². The van der Waals surface area contributed by atoms with Crippen molar-refractivity contribution in [1.82, 2.24) is 9.21 Å². The quantitative estimate of drug-likeness (QED) is 0.755. The highest BCUT2D eigenvalue weighted by atomic mass is 32.2. The van der Waals surface area contributed by atoms with Crippen molar-refractivity contribution in [2.24, 2.45) is 5.92 Å². The molecule has 0 aromatic carbocycles. The summed E-state index contributed by atoms with van der Waals surface area (Å²) in [5, 5.41) is 2.09. The van der Waals surface area contributed by atoms with Gasteiger partial charge < -0.3 is 4.90 Å². The summed E-state index contributed by atoms with van der Waals surface area (Å²) in [6.07, 6.45) is 2.38. The normalized spacial score (nSPS) is 24.0. The fourth-order valence-corrected chi connectivity index (χ4v) is 8.01. The zero-order chi connectivity index (χ0) is 19.2. The van der Waals surface area contributed by atoms with Gasteiger partial charge in [-0.3, -0.25) is 4.79 Å². The van der Waals surface area contributed by atoms with Crippen molar-refractivity contribution in [1.29, 1.82) is 0 Å². The Morgan fingerprint density at radius 1 is 1.22 bits per heavy atom. The van der Waals surface area contributed by atoms with E-state index in [1.165, 1.54) is 26.1 Å². The van der Waals surface area contributed by atoms with Gasteiger partial charge in [-0.15, -0.1) is 22.7 Å². The first-order valence-corrected chi connectivity index (χ1v) is 12.4. The summed E-state index contributed by atoms with van der Waals surface area (Å²) in [6.45, 7) is 5.49. The molecule has 2 aliphatic rings. The lowest BCUT2D eigenvalue weighted by Crippen LogP contribution is -2.48. The van der Waals surface area contributed by atoms with Crippen LogP contribution in [0.4, 0.5) is 0 Å². The summed E-state index contributed by atoms with van der Waals surface area (Å²) in [7, 11) is -3.51. The minimum atomic E-state index is -3.51. The molecule has 0 spiro atoms. The predicted octanol–water partition coefficient (Wildman–Crippen LogP) is 3.66. The molecule has 2 unspecified atom stereocenters. The largest absolute Gasteiger partial charge is 0.335 e. The third kappa shape index (κ3) is 3.48. The molecule has 1 saturated heterocycles. The van der Waals surface area contributed by atoms with E-state index in [4.69, 9.17) is 0 Å². The second-order valence-electron chi connectivity index (χ2n) is 7.32. The van der Waals surface area contributed by atoms with Gasteiger partial charge in [0.05, 0.1) is 12.0 Å². The van der Waals surface area contributed by atoms with Crippen molar-refractivity contribution in [3.63, 3.8) is 0 Å². The number of carbonyl (C=O) groups excluding carboxylic acids is 1. The molecule has 8 heteroatoms. The van der Waals surface area contributed by atoms with Crippen LogP contribution in [0.1, 0.15) is 41.1 Å². The number of thiophene rings is 2. The molecule has 0 radical (unpaired) electrons. The molecule has 0 aliphatic carbocycles. The lowest BCUT2D eigenvalue weighted by atomic mass is 9.94. The lowest BCUT2D eigenvalue weighted by Gasteiger charge is -2.38. The van der Waals surface area contributed by atoms with Gasteiger partial charge in [0.25, 0.3) is 10.0 Å². The number of aryl methyl sites for hydroxylation is 1. The van der Waals surface area contributed by atoms with E-state index in [0.29, 0.717) is 10.8 Å². The van der Waals surface area contributed by atoms with E-state index in [1.54, 1.807) is 17.4 Å². The first-order valence-electron chi connectivity index (χ1n) is 9.31. The van der Waals surface area contributed by atoms with Gasteiger partial charge in [0.1, 0.15) is 4.21 Å². The molecule has 1 fully saturated rings. The monoisotopic (exact) mass is 424 g/mol. The molecule has 0 saturated carbocycles. The second kappa shape index (κ2) is 7.31. The molecule has 0 N–H and O–H groups in total. The Morgan fingerprint density at radius 3 is 2.78 bits per heavy atom. The average molecular weight is 425 g/mol. The summed E-state index contributed by atoms with van der Waals surface area (Å²) in [6, 6.07) is 5.68. The van der Waals surface area contributed by atoms with Gasteiger partial charge in [-0.2, -0.15) is 4.31 Å². The Labute approximate surface area is 168 Å². The van der Waals surface area contributed by atoms with E-state index in [-0.39, 0.29) is 24.4 Å². The van der Waals surface area contributed by atoms with Crippen molar-refractivity contribution < 1.29 is 13.2 Å². The van der Waals surface area contributed by atoms with E-state index < -0.39 is 10.0 Å². The summed E-state index contributed by atoms with van der Waals surface area (Å²) < 4.78 is 27.8. The summed E-state index contributed by atoms with van der Waals surface area (Å²) in [5.41, 5.74) is 1.24. The molecule has 5 nitrogen and oxygen atoms in total. The predicted molar refractivity (Wildman–Crippen MR) is 109 cm³/mol. The Hall–Kier alpha value is -1.22. The smallest absolute Gasteiger partial charge is 0.252 e. The van der Waals surface area contributed by atoms with Gasteiger partial charge >= 0.3 is 0 Å². The summed E-state index contributed by atoms with van der Waals surface area (Å²) >= 11 is 3.05. The number of rotatable bonds is 3. The third-order valence-corrected chi connectivity index (χ3v) is 9.93. The van der Waals surface area contributed by atoms with Crippen LogP contribution in [0.2, 0.25) is 0 Å². The molecule has 2 aliphatic heterocycles. The fraction of sp³-hybridized carbons (Fsp3) is 0.526. The Balaban J connectivity index is 1.51. The summed E-state index contributed by atoms with van der Waals surface area (Å²) in [4.78, 5) is 17.5. The van der Waals surface area contributed by atoms with Crippen molar-refractivity contribution in [2.45, 2.75) is 43.4 Å². The van der Waals surface area contributed by atoms with E-state index in [9.17, 15) is 13.2 Å². The minimum absolute atomic E-state index is 0.0689. The van der Waals surface area contributed by atoms with Crippen LogP contribution in [0.15, 0.2) is 27.8 Å². The number of hydrogen-bond donors (Lipinski definition) is 0. The van der Waals surface area contributed by atoms with E-state index in [2.05, 4.69) is 18.4 Å². The maximum absolute atomic E-state index is 13.2. The molecule has 1 amide bonds. The van der Waals surface area contributed by atoms with Crippen molar-refractivity contribution in [3.8, 4) is 0 Å². The minimum Gasteiger partial charge on any atom is -0.335 e. The molecular weight excluding hydrogens is 400 g/mol. The number of nitrogens with zero attached hydrogens (tertiary/aromatic N) is 2. The highest BCUT2D eigenvalue weighted by molar-refractivity contribution is 7.91. The van der Waals surface area contributed by atoms with Crippen molar-refractivity contribution in [2.75, 3.05) is 19.6 Å². The molecule has 4 heterocycles. The molecular formula is C19H24N2O3S3. The number of piperidine rings is 1. The fourth-order valence-electron chi connectivity index (χ4n) is 4.09. The molecule has 4 rings (SSSR count). The van der Waals surface area contributed by atoms with E-state index in [0.717, 1.165) is 30.7 Å². The van der Waals surface area contributed by atoms with Crippen LogP contribution >= 0.6 is 22.7 Å². The van der Waals surface area contributed by atoms with Crippen LogP contribution in [0.3, 0.4) is 0 Å². The molecule has 27 heavy (non-hydrogen) atoms. The highest BCUT2D eigenvalue weighted by Gasteiger charge is 2.38. The number of hydrogen-bond acceptors (Lipinski definition) is 5. The first-order chi connectivity index (χ1) is 12.9. The lowest BCUT2D eigenvalue weighted by molar-refractivity contribution is -0.139. The Kier molecular flexibility index (Phi) is 5.18. The number of sulfonamides is 1. The number of carbonyl (C=O) groups is 1. The average Bonchev–Trinajstić information content (AvgIpc) is 3.31. The van der Waals surface area contributed by atoms with Gasteiger partial charge in [-0.25, -0.2) is 8.42 Å². The van der Waals surface area contributed by atoms with Gasteiger partial charge in [0.2, 0.25) is 5.91 Å². The van der Waals surface area contributed by atoms with E-state index in [1.807, 2.05) is 17.9 Å². The maximum Gasteiger partial charge on any atom is 0.252 e. The molecule has 2 aromatic heterocycles. The Morgan fingerprint density at radius 2 is 2.04 bits per heavy atom. The number of fused-ring (bicyclic) bond motifs is 1. The van der Waals surface area contributed by atoms with Gasteiger partial charge in [0.15, 0.2) is 0 Å². The Bertz CT molecular complexity index is 947. The second-order valence-corrected chi connectivity index (χ2v) is 11.8. The van der Waals surface area contributed by atoms with Crippen LogP contribution in [0.25, 0.3) is 0 Å². The van der Waals surface area contributed by atoms with Crippen molar-refractivity contribution >= 4 is 38.6 Å². The molecule has 0 bridgehead atoms. The molecule has 146 valence electrons. The molecule has 2 atom stereocenters. The zero-order valence-electron chi connectivity index (χ0n) is 15.6. The van der Waals surface area contributed by atoms with Crippen LogP contribution in [-0.2, 0) is 21.2 Å². The topological polar surface area (TPSA) is 57.7 Å². The van der Waals surface area contributed by atoms with Gasteiger partial charge in [-0.05, 0) is 62.3 Å². The zero-order valence-corrected chi connectivity index (χ0v) is 18.0. The van der Waals surface area contributed by atoms with Crippen LogP contribution in [-0.4, -0.2) is 43.2 Å². The van der Waals surface area contributed by atoms with Gasteiger partial charge in [-0.1, -0.05) is 0 Å². The summed E-state index contributed by atoms with van der Waals surface area (Å²) in [5.74, 6) is -0.154. The molecule has 2 aromatic rings. The van der Waals surface area contributed by atoms with E-state index >= 15 is 0 Å². The maximum atomic E-state index is 13.2. The first kappa shape index (κ1) is 19.1. The third-order valence-electron chi connectivity index (χ3n) is 5.60. The van der Waals surface area contributed by atoms with Gasteiger partial charge in [0, 0.05) is 29.4 Å². The van der Waals surface area contributed by atoms with Crippen LogP contribution in [0.5, 0.6) is 0 Å². The standard InChI is InChI=1S/C19H24N2O3S3/c1-13-5-6-18(26-13)27(23,24)20-9-3-4-15(12-20)19(22)21-10-7-17-16(14(21)2)8-11-25-17/h5-6,8,11,14-15H,3-4,7,9-10,12H2,1-2H3. The SMILES string of the molecule is Cc1ccc(S(=O)(=O)N2CCCC(C(=O)N3CCc4sccc4C3C)C2)s1.